The number of ether oxygens (including phenoxy) is 2. The maximum Gasteiger partial charge on any atom is 0.123 e. The zero-order valence-corrected chi connectivity index (χ0v) is 12.9. The Hall–Kier alpha value is -1.10. The van der Waals surface area contributed by atoms with Crippen LogP contribution in [-0.2, 0) is 11.3 Å². The average molecular weight is 278 g/mol. The molecule has 0 bridgehead atoms. The molecule has 1 saturated heterocycles. The van der Waals surface area contributed by atoms with Gasteiger partial charge in [0.15, 0.2) is 0 Å². The van der Waals surface area contributed by atoms with E-state index in [1.165, 1.54) is 5.56 Å². The lowest BCUT2D eigenvalue weighted by Crippen LogP contribution is -2.46. The summed E-state index contributed by atoms with van der Waals surface area (Å²) in [7, 11) is 1.72. The molecule has 1 aromatic rings. The lowest BCUT2D eigenvalue weighted by atomic mass is 10.0. The van der Waals surface area contributed by atoms with Crippen molar-refractivity contribution in [3.63, 3.8) is 0 Å². The van der Waals surface area contributed by atoms with Crippen LogP contribution < -0.4 is 10.5 Å². The van der Waals surface area contributed by atoms with Crippen LogP contribution in [0.15, 0.2) is 18.2 Å². The molecule has 1 fully saturated rings. The van der Waals surface area contributed by atoms with E-state index in [0.29, 0.717) is 6.04 Å². The van der Waals surface area contributed by atoms with Gasteiger partial charge in [0.2, 0.25) is 0 Å². The van der Waals surface area contributed by atoms with Gasteiger partial charge in [-0.3, -0.25) is 4.90 Å². The second-order valence-corrected chi connectivity index (χ2v) is 5.78. The Bertz CT molecular complexity index is 448. The molecule has 1 heterocycles. The summed E-state index contributed by atoms with van der Waals surface area (Å²) >= 11 is 0. The highest BCUT2D eigenvalue weighted by molar-refractivity contribution is 5.38. The van der Waals surface area contributed by atoms with E-state index in [2.05, 4.69) is 24.8 Å². The van der Waals surface area contributed by atoms with E-state index in [4.69, 9.17) is 15.2 Å². The molecule has 1 aliphatic heterocycles. The first kappa shape index (κ1) is 15.3. The molecule has 0 spiro atoms. The molecule has 2 N–H and O–H groups in total. The van der Waals surface area contributed by atoms with Crippen molar-refractivity contribution in [1.82, 2.24) is 4.90 Å². The van der Waals surface area contributed by atoms with Crippen LogP contribution in [0, 0.1) is 0 Å². The second kappa shape index (κ2) is 6.57. The van der Waals surface area contributed by atoms with Crippen molar-refractivity contribution >= 4 is 0 Å². The molecule has 3 atom stereocenters. The van der Waals surface area contributed by atoms with Crippen LogP contribution >= 0.6 is 0 Å². The van der Waals surface area contributed by atoms with Crippen LogP contribution in [0.2, 0.25) is 0 Å². The Morgan fingerprint density at radius 1 is 1.45 bits per heavy atom. The summed E-state index contributed by atoms with van der Waals surface area (Å²) in [4.78, 5) is 2.44. The van der Waals surface area contributed by atoms with Gasteiger partial charge in [0.1, 0.15) is 5.75 Å². The van der Waals surface area contributed by atoms with Crippen LogP contribution in [0.25, 0.3) is 0 Å². The zero-order valence-electron chi connectivity index (χ0n) is 12.9. The molecule has 0 aromatic heterocycles. The third-order valence-electron chi connectivity index (χ3n) is 3.94. The molecule has 2 rings (SSSR count). The smallest absolute Gasteiger partial charge is 0.123 e. The van der Waals surface area contributed by atoms with E-state index in [1.54, 1.807) is 7.11 Å². The summed E-state index contributed by atoms with van der Waals surface area (Å²) in [6.45, 7) is 8.94. The summed E-state index contributed by atoms with van der Waals surface area (Å²) in [6, 6.07) is 6.69. The number of methoxy groups -OCH3 is 1. The fraction of sp³-hybridized carbons (Fsp3) is 0.625. The predicted octanol–water partition coefficient (Wildman–Crippen LogP) is 2.32. The number of rotatable bonds is 4. The third kappa shape index (κ3) is 3.51. The van der Waals surface area contributed by atoms with Crippen LogP contribution in [0.4, 0.5) is 0 Å². The number of nitrogens with zero attached hydrogens (tertiary/aromatic N) is 1. The van der Waals surface area contributed by atoms with Gasteiger partial charge in [-0.15, -0.1) is 0 Å². The van der Waals surface area contributed by atoms with Crippen LogP contribution in [-0.4, -0.2) is 37.3 Å². The van der Waals surface area contributed by atoms with Gasteiger partial charge >= 0.3 is 0 Å². The van der Waals surface area contributed by atoms with Crippen LogP contribution in [0.1, 0.15) is 37.9 Å². The van der Waals surface area contributed by atoms with Gasteiger partial charge in [-0.05, 0) is 38.5 Å². The topological polar surface area (TPSA) is 47.7 Å². The summed E-state index contributed by atoms with van der Waals surface area (Å²) < 4.78 is 11.2. The Kier molecular flexibility index (Phi) is 5.02. The normalized spacial score (nSPS) is 25.4. The van der Waals surface area contributed by atoms with E-state index in [1.807, 2.05) is 19.1 Å². The first-order valence-electron chi connectivity index (χ1n) is 7.29. The summed E-state index contributed by atoms with van der Waals surface area (Å²) in [5.74, 6) is 0.931. The average Bonchev–Trinajstić information content (AvgIpc) is 2.42. The summed E-state index contributed by atoms with van der Waals surface area (Å²) in [5, 5.41) is 0. The highest BCUT2D eigenvalue weighted by Gasteiger charge is 2.24. The number of hydrogen-bond donors (Lipinski definition) is 1. The van der Waals surface area contributed by atoms with Gasteiger partial charge in [-0.1, -0.05) is 6.07 Å². The molecule has 112 valence electrons. The molecule has 4 heteroatoms. The van der Waals surface area contributed by atoms with Crippen LogP contribution in [0.5, 0.6) is 5.75 Å². The van der Waals surface area contributed by atoms with Gasteiger partial charge in [-0.25, -0.2) is 0 Å². The molecule has 0 radical (unpaired) electrons. The fourth-order valence-electron chi connectivity index (χ4n) is 2.62. The molecule has 20 heavy (non-hydrogen) atoms. The van der Waals surface area contributed by atoms with Crippen LogP contribution in [0.3, 0.4) is 0 Å². The van der Waals surface area contributed by atoms with E-state index in [9.17, 15) is 0 Å². The Morgan fingerprint density at radius 2 is 2.20 bits per heavy atom. The minimum Gasteiger partial charge on any atom is -0.496 e. The lowest BCUT2D eigenvalue weighted by molar-refractivity contribution is -0.0528. The molecule has 1 aliphatic rings. The molecular weight excluding hydrogens is 252 g/mol. The Labute approximate surface area is 121 Å². The molecule has 4 nitrogen and oxygen atoms in total. The first-order valence-corrected chi connectivity index (χ1v) is 7.29. The molecule has 0 aliphatic carbocycles. The minimum atomic E-state index is 0.0423. The molecule has 1 aromatic carbocycles. The second-order valence-electron chi connectivity index (χ2n) is 5.78. The van der Waals surface area contributed by atoms with E-state index in [-0.39, 0.29) is 12.1 Å². The Balaban J connectivity index is 2.20. The van der Waals surface area contributed by atoms with Crippen molar-refractivity contribution in [3.8, 4) is 5.75 Å². The fourth-order valence-corrected chi connectivity index (χ4v) is 2.62. The Morgan fingerprint density at radius 3 is 2.85 bits per heavy atom. The van der Waals surface area contributed by atoms with Crippen molar-refractivity contribution in [1.29, 1.82) is 0 Å². The summed E-state index contributed by atoms with van der Waals surface area (Å²) in [5.41, 5.74) is 8.33. The van der Waals surface area contributed by atoms with Crippen molar-refractivity contribution < 1.29 is 9.47 Å². The first-order chi connectivity index (χ1) is 9.51. The molecule has 3 unspecified atom stereocenters. The van der Waals surface area contributed by atoms with E-state index >= 15 is 0 Å². The van der Waals surface area contributed by atoms with Crippen molar-refractivity contribution in [2.24, 2.45) is 5.73 Å². The summed E-state index contributed by atoms with van der Waals surface area (Å²) in [6.07, 6.45) is 0.286. The lowest BCUT2D eigenvalue weighted by Gasteiger charge is -2.37. The quantitative estimate of drug-likeness (QED) is 0.918. The monoisotopic (exact) mass is 278 g/mol. The molecule has 0 saturated carbocycles. The number of nitrogens with two attached hydrogens (primary N) is 1. The van der Waals surface area contributed by atoms with Gasteiger partial charge in [-0.2, -0.15) is 0 Å². The predicted molar refractivity (Wildman–Crippen MR) is 80.9 cm³/mol. The number of benzene rings is 1. The van der Waals surface area contributed by atoms with Gasteiger partial charge < -0.3 is 15.2 Å². The van der Waals surface area contributed by atoms with E-state index in [0.717, 1.165) is 31.0 Å². The number of hydrogen-bond acceptors (Lipinski definition) is 4. The maximum atomic E-state index is 5.98. The van der Waals surface area contributed by atoms with Gasteiger partial charge in [0, 0.05) is 30.7 Å². The zero-order chi connectivity index (χ0) is 14.7. The third-order valence-corrected chi connectivity index (χ3v) is 3.94. The van der Waals surface area contributed by atoms with Gasteiger partial charge in [0.25, 0.3) is 0 Å². The largest absolute Gasteiger partial charge is 0.496 e. The standard InChI is InChI=1S/C16H26N2O2/c1-11-10-20-12(2)8-18(11)9-15-7-14(13(3)17)5-6-16(15)19-4/h5-7,11-13H,8-10,17H2,1-4H3. The molecular formula is C16H26N2O2. The number of morpholine rings is 1. The maximum absolute atomic E-state index is 5.98. The highest BCUT2D eigenvalue weighted by atomic mass is 16.5. The van der Waals surface area contributed by atoms with Gasteiger partial charge in [0.05, 0.1) is 19.8 Å². The molecule has 0 amide bonds. The van der Waals surface area contributed by atoms with Crippen molar-refractivity contribution in [2.75, 3.05) is 20.3 Å². The minimum absolute atomic E-state index is 0.0423. The van der Waals surface area contributed by atoms with E-state index < -0.39 is 0 Å². The SMILES string of the molecule is COc1ccc(C(C)N)cc1CN1CC(C)OCC1C. The van der Waals surface area contributed by atoms with Crippen molar-refractivity contribution in [3.05, 3.63) is 29.3 Å². The van der Waals surface area contributed by atoms with Crippen molar-refractivity contribution in [2.45, 2.75) is 45.5 Å². The highest BCUT2D eigenvalue weighted by Crippen LogP contribution is 2.25.